The van der Waals surface area contributed by atoms with Crippen LogP contribution < -0.4 is 9.47 Å². The third kappa shape index (κ3) is 2.55. The monoisotopic (exact) mass is 328 g/mol. The summed E-state index contributed by atoms with van der Waals surface area (Å²) in [7, 11) is 3.56. The Kier molecular flexibility index (Phi) is 4.68. The molecule has 0 spiro atoms. The Hall–Kier alpha value is -1.44. The van der Waals surface area contributed by atoms with E-state index < -0.39 is 0 Å². The van der Waals surface area contributed by atoms with E-state index in [2.05, 4.69) is 40.7 Å². The van der Waals surface area contributed by atoms with Gasteiger partial charge < -0.3 is 9.47 Å². The number of ether oxygens (including phenoxy) is 2. The smallest absolute Gasteiger partial charge is 0.164 e. The molecule has 0 saturated carbocycles. The molecule has 0 radical (unpaired) electrons. The summed E-state index contributed by atoms with van der Waals surface area (Å²) in [5.41, 5.74) is 7.22. The zero-order valence-corrected chi connectivity index (χ0v) is 16.3. The Morgan fingerprint density at radius 1 is 0.958 bits per heavy atom. The molecule has 24 heavy (non-hydrogen) atoms. The Bertz CT molecular complexity index is 667. The van der Waals surface area contributed by atoms with E-state index in [1.165, 1.54) is 41.5 Å². The Labute approximate surface area is 147 Å². The van der Waals surface area contributed by atoms with Crippen molar-refractivity contribution in [2.24, 2.45) is 5.92 Å². The van der Waals surface area contributed by atoms with Crippen LogP contribution in [0.15, 0.2) is 11.6 Å². The molecule has 0 amide bonds. The highest BCUT2D eigenvalue weighted by atomic mass is 16.5. The maximum Gasteiger partial charge on any atom is 0.164 e. The van der Waals surface area contributed by atoms with Crippen molar-refractivity contribution in [3.8, 4) is 11.5 Å². The third-order valence-corrected chi connectivity index (χ3v) is 6.18. The van der Waals surface area contributed by atoms with Crippen LogP contribution in [0, 0.1) is 12.8 Å². The van der Waals surface area contributed by atoms with E-state index in [-0.39, 0.29) is 0 Å². The Morgan fingerprint density at radius 2 is 1.62 bits per heavy atom. The van der Waals surface area contributed by atoms with Crippen molar-refractivity contribution >= 4 is 0 Å². The lowest BCUT2D eigenvalue weighted by atomic mass is 9.62. The van der Waals surface area contributed by atoms with Gasteiger partial charge in [-0.3, -0.25) is 0 Å². The van der Waals surface area contributed by atoms with Gasteiger partial charge in [0.05, 0.1) is 14.2 Å². The van der Waals surface area contributed by atoms with Crippen molar-refractivity contribution < 1.29 is 9.47 Å². The van der Waals surface area contributed by atoms with Crippen molar-refractivity contribution in [1.29, 1.82) is 0 Å². The average Bonchev–Trinajstić information content (AvgIpc) is 2.52. The molecule has 2 nitrogen and oxygen atoms in total. The van der Waals surface area contributed by atoms with Crippen LogP contribution in [0.5, 0.6) is 11.5 Å². The van der Waals surface area contributed by atoms with Crippen LogP contribution in [-0.2, 0) is 0 Å². The number of benzene rings is 1. The normalized spacial score (nSPS) is 28.1. The summed E-state index contributed by atoms with van der Waals surface area (Å²) >= 11 is 0. The van der Waals surface area contributed by atoms with E-state index in [4.69, 9.17) is 9.47 Å². The van der Waals surface area contributed by atoms with E-state index in [1.54, 1.807) is 19.8 Å². The first-order valence-electron chi connectivity index (χ1n) is 9.33. The maximum atomic E-state index is 5.87. The molecule has 2 heteroatoms. The molecule has 0 aromatic heterocycles. The summed E-state index contributed by atoms with van der Waals surface area (Å²) in [5, 5.41) is 0. The van der Waals surface area contributed by atoms with Crippen LogP contribution in [0.1, 0.15) is 87.0 Å². The summed E-state index contributed by atoms with van der Waals surface area (Å²) < 4.78 is 11.7. The summed E-state index contributed by atoms with van der Waals surface area (Å²) in [6, 6.07) is 0. The van der Waals surface area contributed by atoms with Gasteiger partial charge in [0, 0.05) is 11.5 Å². The molecular formula is C22H32O2. The molecule has 1 aromatic carbocycles. The topological polar surface area (TPSA) is 18.5 Å². The van der Waals surface area contributed by atoms with Crippen LogP contribution in [-0.4, -0.2) is 14.2 Å². The van der Waals surface area contributed by atoms with Gasteiger partial charge in [-0.2, -0.15) is 0 Å². The molecule has 0 unspecified atom stereocenters. The quantitative estimate of drug-likeness (QED) is 0.626. The van der Waals surface area contributed by atoms with Gasteiger partial charge in [0.25, 0.3) is 0 Å². The second-order valence-electron chi connectivity index (χ2n) is 8.08. The van der Waals surface area contributed by atoms with Gasteiger partial charge in [-0.15, -0.1) is 0 Å². The van der Waals surface area contributed by atoms with Crippen LogP contribution in [0.4, 0.5) is 0 Å². The first-order chi connectivity index (χ1) is 11.4. The van der Waals surface area contributed by atoms with E-state index in [1.807, 2.05) is 0 Å². The number of methoxy groups -OCH3 is 2. The molecule has 3 rings (SSSR count). The Balaban J connectivity index is 2.37. The predicted octanol–water partition coefficient (Wildman–Crippen LogP) is 6.08. The fourth-order valence-corrected chi connectivity index (χ4v) is 5.22. The summed E-state index contributed by atoms with van der Waals surface area (Å²) in [5.74, 6) is 4.36. The van der Waals surface area contributed by atoms with E-state index in [0.717, 1.165) is 17.4 Å². The second-order valence-corrected chi connectivity index (χ2v) is 8.08. The van der Waals surface area contributed by atoms with Crippen molar-refractivity contribution in [3.63, 3.8) is 0 Å². The molecule has 2 aliphatic carbocycles. The number of hydrogen-bond donors (Lipinski definition) is 0. The van der Waals surface area contributed by atoms with Crippen molar-refractivity contribution in [2.45, 2.75) is 71.6 Å². The molecule has 2 aliphatic rings. The number of allylic oxidation sites excluding steroid dienone is 2. The zero-order chi connectivity index (χ0) is 17.6. The lowest BCUT2D eigenvalue weighted by molar-refractivity contribution is 0.308. The largest absolute Gasteiger partial charge is 0.493 e. The van der Waals surface area contributed by atoms with Gasteiger partial charge in [0.2, 0.25) is 0 Å². The molecule has 0 saturated heterocycles. The van der Waals surface area contributed by atoms with Crippen molar-refractivity contribution in [3.05, 3.63) is 33.9 Å². The van der Waals surface area contributed by atoms with Gasteiger partial charge in [-0.1, -0.05) is 25.5 Å². The van der Waals surface area contributed by atoms with Gasteiger partial charge >= 0.3 is 0 Å². The predicted molar refractivity (Wildman–Crippen MR) is 101 cm³/mol. The molecule has 132 valence electrons. The van der Waals surface area contributed by atoms with Crippen LogP contribution >= 0.6 is 0 Å². The van der Waals surface area contributed by atoms with E-state index in [9.17, 15) is 0 Å². The average molecular weight is 328 g/mol. The maximum absolute atomic E-state index is 5.87. The molecule has 0 N–H and O–H groups in total. The molecule has 0 fully saturated rings. The third-order valence-electron chi connectivity index (χ3n) is 6.18. The van der Waals surface area contributed by atoms with Crippen LogP contribution in [0.25, 0.3) is 0 Å². The SMILES string of the molecule is COc1c(C)c2c3c(c1OC)[C@@H](C)CC[C@@H]3[C@@H](C)C[C@H]2C=C(C)C. The molecule has 4 atom stereocenters. The van der Waals surface area contributed by atoms with E-state index in [0.29, 0.717) is 17.8 Å². The highest BCUT2D eigenvalue weighted by Crippen LogP contribution is 2.58. The van der Waals surface area contributed by atoms with Gasteiger partial charge in [-0.25, -0.2) is 0 Å². The lowest BCUT2D eigenvalue weighted by Crippen LogP contribution is -2.28. The van der Waals surface area contributed by atoms with Crippen LogP contribution in [0.2, 0.25) is 0 Å². The summed E-state index contributed by atoms with van der Waals surface area (Å²) in [4.78, 5) is 0. The van der Waals surface area contributed by atoms with Gasteiger partial charge in [-0.05, 0) is 74.5 Å². The summed E-state index contributed by atoms with van der Waals surface area (Å²) in [6.45, 7) is 11.4. The number of hydrogen-bond acceptors (Lipinski definition) is 2. The highest BCUT2D eigenvalue weighted by molar-refractivity contribution is 5.64. The fraction of sp³-hybridized carbons (Fsp3) is 0.636. The number of rotatable bonds is 3. The van der Waals surface area contributed by atoms with Crippen molar-refractivity contribution in [2.75, 3.05) is 14.2 Å². The summed E-state index contributed by atoms with van der Waals surface area (Å²) in [6.07, 6.45) is 6.25. The zero-order valence-electron chi connectivity index (χ0n) is 16.3. The molecule has 0 bridgehead atoms. The van der Waals surface area contributed by atoms with E-state index >= 15 is 0 Å². The first-order valence-corrected chi connectivity index (χ1v) is 9.33. The van der Waals surface area contributed by atoms with Crippen LogP contribution in [0.3, 0.4) is 0 Å². The van der Waals surface area contributed by atoms with Crippen molar-refractivity contribution in [1.82, 2.24) is 0 Å². The lowest BCUT2D eigenvalue weighted by Gasteiger charge is -2.43. The second kappa shape index (κ2) is 6.46. The highest BCUT2D eigenvalue weighted by Gasteiger charge is 2.41. The minimum atomic E-state index is 0.500. The molecule has 1 aromatic rings. The molecule has 0 heterocycles. The first kappa shape index (κ1) is 17.4. The fourth-order valence-electron chi connectivity index (χ4n) is 5.22. The standard InChI is InChI=1S/C22H32O2/c1-12(2)10-16-11-14(4)17-9-8-13(3)18-20(17)19(16)15(5)21(23-6)22(18)24-7/h10,13-14,16-17H,8-9,11H2,1-7H3/t13-,14-,16+,17+/m0/s1. The van der Waals surface area contributed by atoms with Gasteiger partial charge in [0.15, 0.2) is 11.5 Å². The minimum absolute atomic E-state index is 0.500. The molecule has 0 aliphatic heterocycles. The Morgan fingerprint density at radius 3 is 2.21 bits per heavy atom. The minimum Gasteiger partial charge on any atom is -0.493 e. The van der Waals surface area contributed by atoms with Gasteiger partial charge in [0.1, 0.15) is 0 Å². The molecular weight excluding hydrogens is 296 g/mol.